The molecule has 0 spiro atoms. The third kappa shape index (κ3) is 3.55. The summed E-state index contributed by atoms with van der Waals surface area (Å²) in [5.74, 6) is -3.37. The minimum Gasteiger partial charge on any atom is -0.494 e. The number of aromatic carboxylic acids is 1. The van der Waals surface area contributed by atoms with E-state index < -0.39 is 23.8 Å². The predicted molar refractivity (Wildman–Crippen MR) is 115 cm³/mol. The van der Waals surface area contributed by atoms with E-state index in [4.69, 9.17) is 4.42 Å². The van der Waals surface area contributed by atoms with Crippen LogP contribution in [-0.2, 0) is 9.59 Å². The molecular formula is C24H16N2O7. The zero-order valence-corrected chi connectivity index (χ0v) is 16.9. The van der Waals surface area contributed by atoms with Crippen molar-refractivity contribution in [3.8, 4) is 5.88 Å². The zero-order valence-electron chi connectivity index (χ0n) is 16.9. The van der Waals surface area contributed by atoms with Crippen LogP contribution in [0.3, 0.4) is 0 Å². The van der Waals surface area contributed by atoms with Gasteiger partial charge in [-0.2, -0.15) is 0 Å². The van der Waals surface area contributed by atoms with Crippen molar-refractivity contribution in [3.05, 3.63) is 73.4 Å². The summed E-state index contributed by atoms with van der Waals surface area (Å²) in [4.78, 5) is 41.7. The lowest BCUT2D eigenvalue weighted by molar-refractivity contribution is -0.139. The van der Waals surface area contributed by atoms with E-state index in [-0.39, 0.29) is 17.0 Å². The molecule has 0 saturated heterocycles. The molecule has 2 aromatic heterocycles. The quantitative estimate of drug-likeness (QED) is 0.374. The Labute approximate surface area is 184 Å². The van der Waals surface area contributed by atoms with Crippen LogP contribution in [-0.4, -0.2) is 38.1 Å². The van der Waals surface area contributed by atoms with Crippen molar-refractivity contribution >= 4 is 47.7 Å². The number of H-pyrrole nitrogens is 1. The summed E-state index contributed by atoms with van der Waals surface area (Å²) in [6.07, 6.45) is 6.68. The van der Waals surface area contributed by atoms with Crippen molar-refractivity contribution in [3.63, 3.8) is 0 Å². The number of furan rings is 1. The van der Waals surface area contributed by atoms with E-state index in [0.29, 0.717) is 44.0 Å². The first-order valence-electron chi connectivity index (χ1n) is 9.96. The van der Waals surface area contributed by atoms with Gasteiger partial charge in [-0.25, -0.2) is 9.79 Å². The Hall–Kier alpha value is -4.66. The molecule has 0 fully saturated rings. The Kier molecular flexibility index (Phi) is 4.59. The number of aromatic nitrogens is 1. The van der Waals surface area contributed by atoms with Crippen LogP contribution in [0, 0.1) is 5.92 Å². The first-order chi connectivity index (χ1) is 15.8. The summed E-state index contributed by atoms with van der Waals surface area (Å²) >= 11 is 0. The fourth-order valence-electron chi connectivity index (χ4n) is 3.92. The average molecular weight is 444 g/mol. The number of carboxylic acids is 2. The van der Waals surface area contributed by atoms with Crippen LogP contribution in [0.25, 0.3) is 29.9 Å². The zero-order chi connectivity index (χ0) is 23.3. The molecule has 0 radical (unpaired) electrons. The molecule has 1 unspecified atom stereocenters. The fraction of sp³-hybridized carbons (Fsp3) is 0.0833. The van der Waals surface area contributed by atoms with Crippen molar-refractivity contribution in [2.75, 3.05) is 0 Å². The lowest BCUT2D eigenvalue weighted by Gasteiger charge is -2.06. The van der Waals surface area contributed by atoms with Gasteiger partial charge < -0.3 is 24.7 Å². The number of amides is 1. The highest BCUT2D eigenvalue weighted by Gasteiger charge is 2.19. The molecule has 4 N–H and O–H groups in total. The van der Waals surface area contributed by atoms with Gasteiger partial charge >= 0.3 is 11.9 Å². The maximum atomic E-state index is 12.3. The number of fused-ring (bicyclic) bond motifs is 2. The highest BCUT2D eigenvalue weighted by Crippen LogP contribution is 2.13. The third-order valence-electron chi connectivity index (χ3n) is 5.56. The van der Waals surface area contributed by atoms with E-state index >= 15 is 0 Å². The molecular weight excluding hydrogens is 428 g/mol. The number of aromatic amines is 1. The molecule has 164 valence electrons. The second-order valence-electron chi connectivity index (χ2n) is 7.66. The van der Waals surface area contributed by atoms with Gasteiger partial charge in [-0.15, -0.1) is 0 Å². The fourth-order valence-corrected chi connectivity index (χ4v) is 3.92. The van der Waals surface area contributed by atoms with Gasteiger partial charge in [0.25, 0.3) is 5.91 Å². The number of hydrogen-bond donors (Lipinski definition) is 4. The Morgan fingerprint density at radius 2 is 1.88 bits per heavy atom. The van der Waals surface area contributed by atoms with Gasteiger partial charge in [0.05, 0.1) is 22.4 Å². The molecule has 1 aliphatic heterocycles. The van der Waals surface area contributed by atoms with E-state index in [1.807, 2.05) is 0 Å². The lowest BCUT2D eigenvalue weighted by Crippen LogP contribution is -2.31. The Balaban J connectivity index is 1.63. The van der Waals surface area contributed by atoms with Crippen molar-refractivity contribution in [1.29, 1.82) is 0 Å². The van der Waals surface area contributed by atoms with Crippen LogP contribution in [0.5, 0.6) is 5.88 Å². The van der Waals surface area contributed by atoms with Gasteiger partial charge in [-0.05, 0) is 48.9 Å². The number of nitrogens with one attached hydrogen (secondary N) is 1. The molecule has 33 heavy (non-hydrogen) atoms. The second kappa shape index (κ2) is 7.49. The first-order valence-corrected chi connectivity index (χ1v) is 9.96. The van der Waals surface area contributed by atoms with Gasteiger partial charge in [0.1, 0.15) is 10.8 Å². The highest BCUT2D eigenvalue weighted by atomic mass is 16.4. The molecule has 1 atom stereocenters. The molecule has 5 rings (SSSR count). The first kappa shape index (κ1) is 20.3. The van der Waals surface area contributed by atoms with Gasteiger partial charge in [-0.1, -0.05) is 12.2 Å². The molecule has 2 aliphatic rings. The van der Waals surface area contributed by atoms with Gasteiger partial charge in [0.15, 0.2) is 5.88 Å². The number of rotatable bonds is 4. The summed E-state index contributed by atoms with van der Waals surface area (Å²) in [5, 5.41) is 30.8. The largest absolute Gasteiger partial charge is 0.494 e. The summed E-state index contributed by atoms with van der Waals surface area (Å²) in [6, 6.07) is 7.51. The SMILES string of the molecule is O=C1N=c2ccc(C(=O)O)cc2=C1/C=c1\cc/c(=C/c2c(O)[nH]c3c2=CC(C(=O)O)CC=3)o1. The Morgan fingerprint density at radius 3 is 2.61 bits per heavy atom. The number of nitrogens with zero attached hydrogens (tertiary/aromatic N) is 1. The minimum atomic E-state index is -1.11. The van der Waals surface area contributed by atoms with Gasteiger partial charge in [-0.3, -0.25) is 9.59 Å². The molecule has 3 aromatic rings. The number of aromatic hydroxyl groups is 1. The molecule has 1 aliphatic carbocycles. The normalized spacial score (nSPS) is 17.8. The smallest absolute Gasteiger partial charge is 0.335 e. The Morgan fingerprint density at radius 1 is 1.12 bits per heavy atom. The number of hydrogen-bond acceptors (Lipinski definition) is 5. The molecule has 1 amide bonds. The summed E-state index contributed by atoms with van der Waals surface area (Å²) in [7, 11) is 0. The van der Waals surface area contributed by atoms with E-state index in [9.17, 15) is 29.7 Å². The highest BCUT2D eigenvalue weighted by molar-refractivity contribution is 6.25. The van der Waals surface area contributed by atoms with Crippen LogP contribution >= 0.6 is 0 Å². The summed E-state index contributed by atoms with van der Waals surface area (Å²) < 4.78 is 5.77. The monoisotopic (exact) mass is 444 g/mol. The lowest BCUT2D eigenvalue weighted by atomic mass is 9.99. The summed E-state index contributed by atoms with van der Waals surface area (Å²) in [6.45, 7) is 0. The van der Waals surface area contributed by atoms with Crippen molar-refractivity contribution < 1.29 is 34.1 Å². The Bertz CT molecular complexity index is 1740. The molecule has 9 nitrogen and oxygen atoms in total. The van der Waals surface area contributed by atoms with Gasteiger partial charge in [0, 0.05) is 21.3 Å². The molecule has 9 heteroatoms. The van der Waals surface area contributed by atoms with E-state index in [1.165, 1.54) is 24.3 Å². The van der Waals surface area contributed by atoms with Crippen LogP contribution in [0.15, 0.2) is 39.7 Å². The van der Waals surface area contributed by atoms with E-state index in [2.05, 4.69) is 9.98 Å². The third-order valence-corrected chi connectivity index (χ3v) is 5.56. The average Bonchev–Trinajstić information content (AvgIpc) is 3.44. The van der Waals surface area contributed by atoms with Crippen LogP contribution in [0.1, 0.15) is 22.3 Å². The van der Waals surface area contributed by atoms with Crippen molar-refractivity contribution in [2.24, 2.45) is 10.9 Å². The van der Waals surface area contributed by atoms with Crippen molar-refractivity contribution in [2.45, 2.75) is 6.42 Å². The predicted octanol–water partition coefficient (Wildman–Crippen LogP) is -1.70. The molecule has 1 aromatic carbocycles. The maximum Gasteiger partial charge on any atom is 0.335 e. The van der Waals surface area contributed by atoms with Crippen molar-refractivity contribution in [1.82, 2.24) is 4.98 Å². The topological polar surface area (TPSA) is 153 Å². The minimum absolute atomic E-state index is 0.0402. The van der Waals surface area contributed by atoms with Crippen LogP contribution < -0.4 is 32.0 Å². The number of carbonyl (C=O) groups is 3. The van der Waals surface area contributed by atoms with Crippen LogP contribution in [0.2, 0.25) is 0 Å². The maximum absolute atomic E-state index is 12.3. The van der Waals surface area contributed by atoms with Gasteiger partial charge in [0.2, 0.25) is 0 Å². The second-order valence-corrected chi connectivity index (χ2v) is 7.66. The van der Waals surface area contributed by atoms with Crippen LogP contribution in [0.4, 0.5) is 0 Å². The number of aliphatic carboxylic acids is 1. The van der Waals surface area contributed by atoms with E-state index in [0.717, 1.165) is 0 Å². The standard InChI is InChI=1S/C24H16N2O7/c27-21-17(15-7-11(23(29)30)1-5-19(15)25-21)9-13-3-4-14(33-13)10-18-16-8-12(24(31)32)2-6-20(16)26-22(18)28/h1,3-10,12,26,28H,2H2,(H,29,30)(H,31,32)/b13-9+,14-10-. The molecule has 0 saturated carbocycles. The molecule has 0 bridgehead atoms. The summed E-state index contributed by atoms with van der Waals surface area (Å²) in [5.41, 5.74) is 1.34. The number of benzene rings is 1. The molecule has 3 heterocycles. The van der Waals surface area contributed by atoms with E-state index in [1.54, 1.807) is 30.4 Å². The number of carboxylic acid groups (broad SMARTS) is 2. The number of carbonyl (C=O) groups excluding carboxylic acids is 1.